The van der Waals surface area contributed by atoms with Crippen LogP contribution in [0.1, 0.15) is 13.8 Å². The Hall–Kier alpha value is -2.05. The van der Waals surface area contributed by atoms with Gasteiger partial charge in [0.05, 0.1) is 7.11 Å². The minimum atomic E-state index is -0.433. The van der Waals surface area contributed by atoms with Crippen LogP contribution in [0, 0.1) is 0 Å². The van der Waals surface area contributed by atoms with Gasteiger partial charge in [0.25, 0.3) is 0 Å². The van der Waals surface area contributed by atoms with Crippen molar-refractivity contribution >= 4 is 17.4 Å². The van der Waals surface area contributed by atoms with Crippen molar-refractivity contribution in [1.29, 1.82) is 0 Å². The fourth-order valence-electron chi connectivity index (χ4n) is 1.26. The summed E-state index contributed by atoms with van der Waals surface area (Å²) in [5.74, 6) is 0.547. The average Bonchev–Trinajstić information content (AvgIpc) is 2.32. The molecule has 7 nitrogen and oxygen atoms in total. The predicted molar refractivity (Wildman–Crippen MR) is 64.8 cm³/mol. The lowest BCUT2D eigenvalue weighted by Crippen LogP contribution is -2.37. The van der Waals surface area contributed by atoms with E-state index in [1.54, 1.807) is 6.92 Å². The van der Waals surface area contributed by atoms with Gasteiger partial charge in [-0.25, -0.2) is 4.98 Å². The highest BCUT2D eigenvalue weighted by atomic mass is 16.5. The average molecular weight is 239 g/mol. The number of ether oxygens (including phenoxy) is 1. The van der Waals surface area contributed by atoms with Crippen molar-refractivity contribution in [3.05, 3.63) is 6.33 Å². The highest BCUT2D eigenvalue weighted by Crippen LogP contribution is 2.24. The smallest absolute Gasteiger partial charge is 0.242 e. The first-order valence-electron chi connectivity index (χ1n) is 5.28. The van der Waals surface area contributed by atoms with E-state index in [0.29, 0.717) is 12.4 Å². The van der Waals surface area contributed by atoms with Crippen LogP contribution >= 0.6 is 0 Å². The molecule has 0 bridgehead atoms. The normalized spacial score (nSPS) is 11.7. The maximum atomic E-state index is 11.5. The Morgan fingerprint density at radius 1 is 1.59 bits per heavy atom. The number of carbonyl (C=O) groups is 1. The Kier molecular flexibility index (Phi) is 4.50. The largest absolute Gasteiger partial charge is 0.479 e. The van der Waals surface area contributed by atoms with E-state index in [9.17, 15) is 4.79 Å². The van der Waals surface area contributed by atoms with Crippen LogP contribution < -0.4 is 21.1 Å². The third-order valence-electron chi connectivity index (χ3n) is 2.14. The van der Waals surface area contributed by atoms with E-state index >= 15 is 0 Å². The molecule has 7 heteroatoms. The number of likely N-dealkylation sites (N-methyl/N-ethyl adjacent to an activating group) is 1. The first kappa shape index (κ1) is 13.0. The Balaban J connectivity index is 2.78. The van der Waals surface area contributed by atoms with Crippen LogP contribution in [-0.2, 0) is 4.79 Å². The highest BCUT2D eigenvalue weighted by molar-refractivity contribution is 5.85. The van der Waals surface area contributed by atoms with Gasteiger partial charge in [0.2, 0.25) is 11.8 Å². The summed E-state index contributed by atoms with van der Waals surface area (Å²) in [5, 5.41) is 5.60. The first-order chi connectivity index (χ1) is 8.10. The minimum absolute atomic E-state index is 0.121. The third kappa shape index (κ3) is 3.20. The Morgan fingerprint density at radius 2 is 2.29 bits per heavy atom. The van der Waals surface area contributed by atoms with Gasteiger partial charge in [-0.3, -0.25) is 4.79 Å². The molecule has 94 valence electrons. The van der Waals surface area contributed by atoms with Crippen molar-refractivity contribution in [2.75, 3.05) is 24.7 Å². The van der Waals surface area contributed by atoms with Crippen molar-refractivity contribution < 1.29 is 9.53 Å². The van der Waals surface area contributed by atoms with Crippen LogP contribution in [0.15, 0.2) is 6.33 Å². The van der Waals surface area contributed by atoms with Gasteiger partial charge in [0, 0.05) is 6.54 Å². The Morgan fingerprint density at radius 3 is 2.88 bits per heavy atom. The fourth-order valence-corrected chi connectivity index (χ4v) is 1.26. The molecule has 1 amide bonds. The molecule has 1 aromatic heterocycles. The van der Waals surface area contributed by atoms with Crippen molar-refractivity contribution in [2.45, 2.75) is 19.9 Å². The number of rotatable bonds is 5. The van der Waals surface area contributed by atoms with E-state index in [0.717, 1.165) is 0 Å². The lowest BCUT2D eigenvalue weighted by atomic mass is 10.3. The molecule has 1 unspecified atom stereocenters. The number of nitrogens with one attached hydrogen (secondary N) is 2. The van der Waals surface area contributed by atoms with Gasteiger partial charge >= 0.3 is 0 Å². The Labute approximate surface area is 99.8 Å². The van der Waals surface area contributed by atoms with E-state index in [1.807, 2.05) is 6.92 Å². The van der Waals surface area contributed by atoms with Crippen molar-refractivity contribution in [3.63, 3.8) is 0 Å². The van der Waals surface area contributed by atoms with Gasteiger partial charge in [0.1, 0.15) is 18.1 Å². The molecule has 0 fully saturated rings. The summed E-state index contributed by atoms with van der Waals surface area (Å²) in [7, 11) is 1.47. The van der Waals surface area contributed by atoms with Crippen LogP contribution in [-0.4, -0.2) is 35.6 Å². The molecule has 0 radical (unpaired) electrons. The maximum Gasteiger partial charge on any atom is 0.242 e. The summed E-state index contributed by atoms with van der Waals surface area (Å²) in [6, 6.07) is -0.433. The predicted octanol–water partition coefficient (Wildman–Crippen LogP) is 0.00390. The molecule has 0 spiro atoms. The molecule has 4 N–H and O–H groups in total. The number of nitrogens with two attached hydrogens (primary N) is 1. The number of hydrogen-bond acceptors (Lipinski definition) is 6. The van der Waals surface area contributed by atoms with Crippen molar-refractivity contribution in [1.82, 2.24) is 15.3 Å². The number of carbonyl (C=O) groups excluding carboxylic acids is 1. The van der Waals surface area contributed by atoms with Crippen molar-refractivity contribution in [3.8, 4) is 5.88 Å². The molecule has 17 heavy (non-hydrogen) atoms. The van der Waals surface area contributed by atoms with E-state index in [-0.39, 0.29) is 17.5 Å². The number of nitrogen functional groups attached to an aromatic ring is 1. The van der Waals surface area contributed by atoms with Crippen LogP contribution in [0.2, 0.25) is 0 Å². The Bertz CT molecular complexity index is 396. The second-order valence-corrected chi connectivity index (χ2v) is 3.41. The summed E-state index contributed by atoms with van der Waals surface area (Å²) in [6.07, 6.45) is 1.32. The maximum absolute atomic E-state index is 11.5. The number of aromatic nitrogens is 2. The molecule has 0 aliphatic rings. The molecule has 0 saturated heterocycles. The van der Waals surface area contributed by atoms with Crippen LogP contribution in [0.5, 0.6) is 5.88 Å². The number of hydrogen-bond donors (Lipinski definition) is 3. The lowest BCUT2D eigenvalue weighted by molar-refractivity contribution is -0.121. The summed E-state index contributed by atoms with van der Waals surface area (Å²) in [4.78, 5) is 19.3. The monoisotopic (exact) mass is 239 g/mol. The second kappa shape index (κ2) is 5.88. The van der Waals surface area contributed by atoms with E-state index in [1.165, 1.54) is 13.4 Å². The SMILES string of the molecule is CCNC(=O)C(C)Nc1ncnc(OC)c1N. The zero-order valence-electron chi connectivity index (χ0n) is 10.2. The number of amides is 1. The molecule has 1 rings (SSSR count). The van der Waals surface area contributed by atoms with Crippen molar-refractivity contribution in [2.24, 2.45) is 0 Å². The van der Waals surface area contributed by atoms with Gasteiger partial charge in [-0.15, -0.1) is 0 Å². The molecular formula is C10H17N5O2. The molecular weight excluding hydrogens is 222 g/mol. The number of nitrogens with zero attached hydrogens (tertiary/aromatic N) is 2. The van der Waals surface area contributed by atoms with E-state index in [2.05, 4.69) is 20.6 Å². The third-order valence-corrected chi connectivity index (χ3v) is 2.14. The molecule has 0 aliphatic heterocycles. The van der Waals surface area contributed by atoms with Gasteiger partial charge in [-0.05, 0) is 13.8 Å². The zero-order chi connectivity index (χ0) is 12.8. The van der Waals surface area contributed by atoms with Gasteiger partial charge in [-0.1, -0.05) is 0 Å². The van der Waals surface area contributed by atoms with Gasteiger partial charge in [0.15, 0.2) is 5.82 Å². The molecule has 1 aromatic rings. The molecule has 0 saturated carbocycles. The summed E-state index contributed by atoms with van der Waals surface area (Å²) in [6.45, 7) is 4.15. The molecule has 1 atom stereocenters. The summed E-state index contributed by atoms with van der Waals surface area (Å²) >= 11 is 0. The summed E-state index contributed by atoms with van der Waals surface area (Å²) < 4.78 is 4.96. The summed E-state index contributed by atoms with van der Waals surface area (Å²) in [5.41, 5.74) is 6.06. The quantitative estimate of drug-likeness (QED) is 0.668. The topological polar surface area (TPSA) is 102 Å². The first-order valence-corrected chi connectivity index (χ1v) is 5.28. The lowest BCUT2D eigenvalue weighted by Gasteiger charge is -2.15. The van der Waals surface area contributed by atoms with Crippen LogP contribution in [0.25, 0.3) is 0 Å². The second-order valence-electron chi connectivity index (χ2n) is 3.41. The number of methoxy groups -OCH3 is 1. The molecule has 0 aromatic carbocycles. The van der Waals surface area contributed by atoms with Gasteiger partial charge in [-0.2, -0.15) is 4.98 Å². The van der Waals surface area contributed by atoms with Gasteiger partial charge < -0.3 is 21.1 Å². The molecule has 0 aliphatic carbocycles. The minimum Gasteiger partial charge on any atom is -0.479 e. The number of anilines is 2. The highest BCUT2D eigenvalue weighted by Gasteiger charge is 2.15. The van der Waals surface area contributed by atoms with Crippen LogP contribution in [0.4, 0.5) is 11.5 Å². The fraction of sp³-hybridized carbons (Fsp3) is 0.500. The standard InChI is InChI=1S/C10H17N5O2/c1-4-12-9(16)6(2)15-8-7(11)10(17-3)14-5-13-8/h5-6H,4,11H2,1-3H3,(H,12,16)(H,13,14,15). The van der Waals surface area contributed by atoms with E-state index < -0.39 is 6.04 Å². The zero-order valence-corrected chi connectivity index (χ0v) is 10.2. The molecule has 1 heterocycles. The van der Waals surface area contributed by atoms with Crippen LogP contribution in [0.3, 0.4) is 0 Å². The van der Waals surface area contributed by atoms with E-state index in [4.69, 9.17) is 10.5 Å².